The molecule has 1 aromatic carbocycles. The summed E-state index contributed by atoms with van der Waals surface area (Å²) in [5.74, 6) is -0.627. The second-order valence-electron chi connectivity index (χ2n) is 4.05. The Morgan fingerprint density at radius 1 is 1.47 bits per heavy atom. The van der Waals surface area contributed by atoms with Crippen LogP contribution in [0.15, 0.2) is 24.3 Å². The molecule has 6 heteroatoms. The Labute approximate surface area is 121 Å². The van der Waals surface area contributed by atoms with Gasteiger partial charge in [0.15, 0.2) is 0 Å². The van der Waals surface area contributed by atoms with Crippen molar-refractivity contribution >= 4 is 35.2 Å². The number of hydrogen-bond acceptors (Lipinski definition) is 3. The number of rotatable bonds is 7. The first-order chi connectivity index (χ1) is 9.02. The van der Waals surface area contributed by atoms with Gasteiger partial charge in [0, 0.05) is 5.02 Å². The summed E-state index contributed by atoms with van der Waals surface area (Å²) in [5.41, 5.74) is 0.763. The summed E-state index contributed by atoms with van der Waals surface area (Å²) < 4.78 is 0. The maximum atomic E-state index is 11.8. The van der Waals surface area contributed by atoms with Gasteiger partial charge in [0.05, 0.1) is 6.42 Å². The van der Waals surface area contributed by atoms with Gasteiger partial charge in [-0.25, -0.2) is 4.79 Å². The van der Waals surface area contributed by atoms with E-state index in [2.05, 4.69) is 5.32 Å². The molecule has 0 radical (unpaired) electrons. The summed E-state index contributed by atoms with van der Waals surface area (Å²) in [4.78, 5) is 22.8. The summed E-state index contributed by atoms with van der Waals surface area (Å²) in [6, 6.07) is 6.12. The SMILES string of the molecule is CSCC[C@@H](NC(=O)Cc1cccc(Cl)c1)C(=O)O. The fourth-order valence-electron chi connectivity index (χ4n) is 1.57. The van der Waals surface area contributed by atoms with Crippen molar-refractivity contribution in [2.24, 2.45) is 0 Å². The average Bonchev–Trinajstić information content (AvgIpc) is 2.34. The van der Waals surface area contributed by atoms with E-state index in [4.69, 9.17) is 16.7 Å². The number of carboxylic acids is 1. The fourth-order valence-corrected chi connectivity index (χ4v) is 2.26. The third-order valence-corrected chi connectivity index (χ3v) is 3.38. The first-order valence-corrected chi connectivity index (χ1v) is 7.55. The second-order valence-corrected chi connectivity index (χ2v) is 5.47. The summed E-state index contributed by atoms with van der Waals surface area (Å²) in [7, 11) is 0. The van der Waals surface area contributed by atoms with Crippen molar-refractivity contribution in [3.8, 4) is 0 Å². The molecule has 1 atom stereocenters. The van der Waals surface area contributed by atoms with E-state index >= 15 is 0 Å². The lowest BCUT2D eigenvalue weighted by Crippen LogP contribution is -2.41. The number of benzene rings is 1. The summed E-state index contributed by atoms with van der Waals surface area (Å²) >= 11 is 7.37. The van der Waals surface area contributed by atoms with Crippen molar-refractivity contribution in [1.82, 2.24) is 5.32 Å². The standard InChI is InChI=1S/C13H16ClNO3S/c1-19-6-5-11(13(17)18)15-12(16)8-9-3-2-4-10(14)7-9/h2-4,7,11H,5-6,8H2,1H3,(H,15,16)(H,17,18)/t11-/m1/s1. The van der Waals surface area contributed by atoms with E-state index in [0.717, 1.165) is 5.56 Å². The van der Waals surface area contributed by atoms with Gasteiger partial charge in [0.25, 0.3) is 0 Å². The monoisotopic (exact) mass is 301 g/mol. The minimum Gasteiger partial charge on any atom is -0.480 e. The van der Waals surface area contributed by atoms with Gasteiger partial charge >= 0.3 is 5.97 Å². The zero-order valence-corrected chi connectivity index (χ0v) is 12.1. The van der Waals surface area contributed by atoms with Crippen LogP contribution in [0.2, 0.25) is 5.02 Å². The molecular weight excluding hydrogens is 286 g/mol. The van der Waals surface area contributed by atoms with Gasteiger partial charge in [-0.1, -0.05) is 23.7 Å². The topological polar surface area (TPSA) is 66.4 Å². The van der Waals surface area contributed by atoms with Gasteiger partial charge in [0.2, 0.25) is 5.91 Å². The molecule has 2 N–H and O–H groups in total. The number of hydrogen-bond donors (Lipinski definition) is 2. The highest BCUT2D eigenvalue weighted by Crippen LogP contribution is 2.11. The molecule has 0 bridgehead atoms. The molecule has 0 saturated carbocycles. The summed E-state index contributed by atoms with van der Waals surface area (Å²) in [5, 5.41) is 12.1. The normalized spacial score (nSPS) is 11.9. The third-order valence-electron chi connectivity index (χ3n) is 2.50. The van der Waals surface area contributed by atoms with Crippen LogP contribution >= 0.6 is 23.4 Å². The van der Waals surface area contributed by atoms with Crippen molar-refractivity contribution in [2.75, 3.05) is 12.0 Å². The molecule has 0 spiro atoms. The molecule has 0 heterocycles. The predicted octanol–water partition coefficient (Wildman–Crippen LogP) is 2.20. The van der Waals surface area contributed by atoms with Crippen LogP contribution in [0.5, 0.6) is 0 Å². The number of carboxylic acid groups (broad SMARTS) is 1. The molecule has 4 nitrogen and oxygen atoms in total. The molecule has 0 aliphatic heterocycles. The number of halogens is 1. The highest BCUT2D eigenvalue weighted by Gasteiger charge is 2.19. The van der Waals surface area contributed by atoms with E-state index in [1.165, 1.54) is 0 Å². The van der Waals surface area contributed by atoms with E-state index in [9.17, 15) is 9.59 Å². The minimum atomic E-state index is -1.01. The summed E-state index contributed by atoms with van der Waals surface area (Å²) in [6.45, 7) is 0. The zero-order chi connectivity index (χ0) is 14.3. The molecule has 0 aromatic heterocycles. The van der Waals surface area contributed by atoms with Crippen molar-refractivity contribution in [3.63, 3.8) is 0 Å². The molecule has 0 aliphatic rings. The number of carbonyl (C=O) groups excluding carboxylic acids is 1. The van der Waals surface area contributed by atoms with Crippen LogP contribution in [0, 0.1) is 0 Å². The van der Waals surface area contributed by atoms with Crippen molar-refractivity contribution in [3.05, 3.63) is 34.9 Å². The van der Waals surface area contributed by atoms with Crippen LogP contribution in [0.3, 0.4) is 0 Å². The molecule has 1 aromatic rings. The lowest BCUT2D eigenvalue weighted by Gasteiger charge is -2.13. The highest BCUT2D eigenvalue weighted by molar-refractivity contribution is 7.98. The van der Waals surface area contributed by atoms with Crippen molar-refractivity contribution < 1.29 is 14.7 Å². The van der Waals surface area contributed by atoms with Gasteiger partial charge in [-0.05, 0) is 36.1 Å². The molecular formula is C13H16ClNO3S. The van der Waals surface area contributed by atoms with E-state index in [1.54, 1.807) is 36.0 Å². The number of aliphatic carboxylic acids is 1. The Bertz CT molecular complexity index is 453. The summed E-state index contributed by atoms with van der Waals surface area (Å²) in [6.07, 6.45) is 2.44. The Balaban J connectivity index is 2.55. The molecule has 104 valence electrons. The zero-order valence-electron chi connectivity index (χ0n) is 10.6. The van der Waals surface area contributed by atoms with E-state index in [1.807, 2.05) is 6.26 Å². The molecule has 19 heavy (non-hydrogen) atoms. The fraction of sp³-hybridized carbons (Fsp3) is 0.385. The van der Waals surface area contributed by atoms with Gasteiger partial charge in [0.1, 0.15) is 6.04 Å². The van der Waals surface area contributed by atoms with Gasteiger partial charge < -0.3 is 10.4 Å². The van der Waals surface area contributed by atoms with E-state index in [-0.39, 0.29) is 12.3 Å². The maximum absolute atomic E-state index is 11.8. The van der Waals surface area contributed by atoms with E-state index < -0.39 is 12.0 Å². The van der Waals surface area contributed by atoms with Gasteiger partial charge in [-0.15, -0.1) is 0 Å². The van der Waals surface area contributed by atoms with Crippen LogP contribution in [0.4, 0.5) is 0 Å². The quantitative estimate of drug-likeness (QED) is 0.810. The maximum Gasteiger partial charge on any atom is 0.326 e. The Kier molecular flexibility index (Phi) is 6.73. The largest absolute Gasteiger partial charge is 0.480 e. The second kappa shape index (κ2) is 8.07. The highest BCUT2D eigenvalue weighted by atomic mass is 35.5. The smallest absolute Gasteiger partial charge is 0.326 e. The molecule has 1 rings (SSSR count). The van der Waals surface area contributed by atoms with Crippen LogP contribution in [-0.4, -0.2) is 35.0 Å². The van der Waals surface area contributed by atoms with Crippen LogP contribution < -0.4 is 5.32 Å². The molecule has 0 fully saturated rings. The number of carbonyl (C=O) groups is 2. The van der Waals surface area contributed by atoms with Crippen LogP contribution in [0.1, 0.15) is 12.0 Å². The lowest BCUT2D eigenvalue weighted by molar-refractivity contribution is -0.141. The first kappa shape index (κ1) is 15.9. The van der Waals surface area contributed by atoms with Gasteiger partial charge in [-0.2, -0.15) is 11.8 Å². The average molecular weight is 302 g/mol. The number of thioether (sulfide) groups is 1. The predicted molar refractivity (Wildman–Crippen MR) is 77.7 cm³/mol. The van der Waals surface area contributed by atoms with E-state index in [0.29, 0.717) is 17.2 Å². The van der Waals surface area contributed by atoms with Crippen LogP contribution in [0.25, 0.3) is 0 Å². The molecule has 0 saturated heterocycles. The Hall–Kier alpha value is -1.20. The first-order valence-electron chi connectivity index (χ1n) is 5.78. The van der Waals surface area contributed by atoms with Crippen molar-refractivity contribution in [2.45, 2.75) is 18.9 Å². The number of nitrogens with one attached hydrogen (secondary N) is 1. The third kappa shape index (κ3) is 5.98. The lowest BCUT2D eigenvalue weighted by atomic mass is 10.1. The molecule has 1 amide bonds. The van der Waals surface area contributed by atoms with Gasteiger partial charge in [-0.3, -0.25) is 4.79 Å². The molecule has 0 unspecified atom stereocenters. The minimum absolute atomic E-state index is 0.129. The number of amides is 1. The Morgan fingerprint density at radius 2 is 2.21 bits per heavy atom. The van der Waals surface area contributed by atoms with Crippen molar-refractivity contribution in [1.29, 1.82) is 0 Å². The van der Waals surface area contributed by atoms with Crippen LogP contribution in [-0.2, 0) is 16.0 Å². The Morgan fingerprint density at radius 3 is 2.79 bits per heavy atom. The molecule has 0 aliphatic carbocycles.